The maximum Gasteiger partial charge on any atom is 0.0998 e. The summed E-state index contributed by atoms with van der Waals surface area (Å²) in [4.78, 5) is 0. The monoisotopic (exact) mass is 672 g/mol. The highest BCUT2D eigenvalue weighted by Gasteiger charge is 2.19. The van der Waals surface area contributed by atoms with Crippen molar-refractivity contribution in [1.82, 2.24) is 4.57 Å². The second-order valence-corrected chi connectivity index (χ2v) is 13.6. The first kappa shape index (κ1) is 30.6. The Morgan fingerprint density at radius 2 is 0.755 bits per heavy atom. The maximum absolute atomic E-state index is 10.6. The van der Waals surface area contributed by atoms with E-state index < -0.39 is 0 Å². The molecule has 0 atom stereocenters. The van der Waals surface area contributed by atoms with Crippen LogP contribution in [0.2, 0.25) is 0 Å². The van der Waals surface area contributed by atoms with Crippen LogP contribution >= 0.6 is 0 Å². The first-order chi connectivity index (χ1) is 26.3. The summed E-state index contributed by atoms with van der Waals surface area (Å²) in [6.45, 7) is 0. The number of benzene rings is 9. The molecule has 0 aliphatic heterocycles. The number of para-hydroxylation sites is 2. The first-order valence-corrected chi connectivity index (χ1v) is 18.0. The number of aromatic nitrogens is 1. The van der Waals surface area contributed by atoms with Crippen molar-refractivity contribution < 1.29 is 0 Å². The van der Waals surface area contributed by atoms with Crippen LogP contribution in [0.15, 0.2) is 194 Å². The fourth-order valence-electron chi connectivity index (χ4n) is 8.23. The molecule has 0 fully saturated rings. The zero-order valence-corrected chi connectivity index (χ0v) is 28.9. The van der Waals surface area contributed by atoms with Crippen molar-refractivity contribution in [3.05, 3.63) is 200 Å². The molecule has 9 aromatic carbocycles. The van der Waals surface area contributed by atoms with Gasteiger partial charge >= 0.3 is 0 Å². The van der Waals surface area contributed by atoms with E-state index in [1.165, 1.54) is 43.7 Å². The molecule has 0 aliphatic rings. The van der Waals surface area contributed by atoms with E-state index in [0.29, 0.717) is 5.56 Å². The van der Waals surface area contributed by atoms with Crippen molar-refractivity contribution in [3.8, 4) is 56.3 Å². The highest BCUT2D eigenvalue weighted by Crippen LogP contribution is 2.45. The summed E-state index contributed by atoms with van der Waals surface area (Å²) in [7, 11) is 0. The van der Waals surface area contributed by atoms with Crippen molar-refractivity contribution in [2.24, 2.45) is 0 Å². The van der Waals surface area contributed by atoms with Crippen molar-refractivity contribution in [1.29, 1.82) is 5.26 Å². The highest BCUT2D eigenvalue weighted by atomic mass is 15.0. The molecule has 0 amide bonds. The Morgan fingerprint density at radius 1 is 0.340 bits per heavy atom. The van der Waals surface area contributed by atoms with Crippen LogP contribution in [-0.4, -0.2) is 4.57 Å². The van der Waals surface area contributed by atoms with Crippen LogP contribution in [0.3, 0.4) is 0 Å². The van der Waals surface area contributed by atoms with E-state index in [0.717, 1.165) is 49.8 Å². The highest BCUT2D eigenvalue weighted by molar-refractivity contribution is 6.21. The average molecular weight is 673 g/mol. The number of hydrogen-bond donors (Lipinski definition) is 0. The fraction of sp³-hybridized carbons (Fsp3) is 0. The molecule has 53 heavy (non-hydrogen) atoms. The van der Waals surface area contributed by atoms with Gasteiger partial charge in [-0.05, 0) is 90.8 Å². The number of rotatable bonds is 5. The van der Waals surface area contributed by atoms with Gasteiger partial charge in [0.05, 0.1) is 22.7 Å². The lowest BCUT2D eigenvalue weighted by atomic mass is 9.84. The molecule has 1 heterocycles. The molecular weight excluding hydrogens is 641 g/mol. The Bertz CT molecular complexity index is 2920. The molecule has 1 aromatic heterocycles. The van der Waals surface area contributed by atoms with E-state index in [4.69, 9.17) is 0 Å². The number of hydrogen-bond acceptors (Lipinski definition) is 1. The van der Waals surface area contributed by atoms with Crippen molar-refractivity contribution in [3.63, 3.8) is 0 Å². The largest absolute Gasteiger partial charge is 0.309 e. The summed E-state index contributed by atoms with van der Waals surface area (Å²) in [5.41, 5.74) is 13.1. The lowest BCUT2D eigenvalue weighted by molar-refractivity contribution is 1.18. The summed E-state index contributed by atoms with van der Waals surface area (Å²) in [5, 5.41) is 17.7. The SMILES string of the molecule is N#Cc1cc(-c2ccc(-c3ccc(-n4c5ccccc5c5ccccc54)cc3)cc2)ccc1-c1c2ccccc2c(-c2ccccc2)c2ccccc12. The third-order valence-electron chi connectivity index (χ3n) is 10.7. The molecule has 0 spiro atoms. The average Bonchev–Trinajstić information content (AvgIpc) is 3.57. The van der Waals surface area contributed by atoms with Gasteiger partial charge in [0.25, 0.3) is 0 Å². The van der Waals surface area contributed by atoms with Gasteiger partial charge in [-0.1, -0.05) is 164 Å². The van der Waals surface area contributed by atoms with E-state index in [1.54, 1.807) is 0 Å². The molecule has 246 valence electrons. The van der Waals surface area contributed by atoms with Gasteiger partial charge in [0.2, 0.25) is 0 Å². The Hall–Kier alpha value is -7.21. The molecule has 10 aromatic rings. The second-order valence-electron chi connectivity index (χ2n) is 13.6. The van der Waals surface area contributed by atoms with Gasteiger partial charge in [-0.25, -0.2) is 0 Å². The van der Waals surface area contributed by atoms with E-state index in [2.05, 4.69) is 199 Å². The number of nitrogens with zero attached hydrogens (tertiary/aromatic N) is 2. The van der Waals surface area contributed by atoms with Crippen molar-refractivity contribution in [2.75, 3.05) is 0 Å². The van der Waals surface area contributed by atoms with Gasteiger partial charge in [0, 0.05) is 22.0 Å². The van der Waals surface area contributed by atoms with Gasteiger partial charge in [-0.2, -0.15) is 5.26 Å². The van der Waals surface area contributed by atoms with Gasteiger partial charge in [0.1, 0.15) is 0 Å². The molecule has 2 heteroatoms. The molecule has 0 radical (unpaired) electrons. The van der Waals surface area contributed by atoms with Crippen LogP contribution in [-0.2, 0) is 0 Å². The van der Waals surface area contributed by atoms with Gasteiger partial charge < -0.3 is 4.57 Å². The first-order valence-electron chi connectivity index (χ1n) is 18.0. The van der Waals surface area contributed by atoms with Gasteiger partial charge in [-0.3, -0.25) is 0 Å². The predicted molar refractivity (Wildman–Crippen MR) is 222 cm³/mol. The lowest BCUT2D eigenvalue weighted by Gasteiger charge is -2.18. The molecule has 2 nitrogen and oxygen atoms in total. The Morgan fingerprint density at radius 3 is 1.28 bits per heavy atom. The standard InChI is InChI=1S/C51H32N2/c52-33-39-32-38(28-31-41(39)51-46-18-6-4-16-44(46)50(37-12-2-1-3-13-37)45-17-5-7-19-47(45)51)36-24-22-34(23-25-36)35-26-29-40(30-27-35)53-48-20-10-8-14-42(48)43-15-9-11-21-49(43)53/h1-32H. The van der Waals surface area contributed by atoms with Gasteiger partial charge in [0.15, 0.2) is 0 Å². The van der Waals surface area contributed by atoms with E-state index in [-0.39, 0.29) is 0 Å². The van der Waals surface area contributed by atoms with Gasteiger partial charge in [-0.15, -0.1) is 0 Å². The minimum atomic E-state index is 0.662. The molecule has 0 saturated carbocycles. The summed E-state index contributed by atoms with van der Waals surface area (Å²) >= 11 is 0. The third kappa shape index (κ3) is 5.02. The van der Waals surface area contributed by atoms with Crippen LogP contribution < -0.4 is 0 Å². The Labute approximate surface area is 308 Å². The van der Waals surface area contributed by atoms with E-state index in [9.17, 15) is 5.26 Å². The normalized spacial score (nSPS) is 11.4. The molecule has 10 rings (SSSR count). The Balaban J connectivity index is 1.01. The lowest BCUT2D eigenvalue weighted by Crippen LogP contribution is -1.93. The van der Waals surface area contributed by atoms with Crippen molar-refractivity contribution in [2.45, 2.75) is 0 Å². The quantitative estimate of drug-likeness (QED) is 0.167. The molecule has 0 N–H and O–H groups in total. The van der Waals surface area contributed by atoms with Crippen LogP contribution in [0.1, 0.15) is 5.56 Å². The van der Waals surface area contributed by atoms with Crippen LogP contribution in [0.25, 0.3) is 93.5 Å². The smallest absolute Gasteiger partial charge is 0.0998 e. The Kier molecular flexibility index (Phi) is 7.23. The van der Waals surface area contributed by atoms with Crippen LogP contribution in [0, 0.1) is 11.3 Å². The topological polar surface area (TPSA) is 28.7 Å². The molecule has 0 unspecified atom stereocenters. The summed E-state index contributed by atoms with van der Waals surface area (Å²) in [6.07, 6.45) is 0. The summed E-state index contributed by atoms with van der Waals surface area (Å²) in [5.74, 6) is 0. The zero-order chi connectivity index (χ0) is 35.3. The summed E-state index contributed by atoms with van der Waals surface area (Å²) < 4.78 is 2.34. The molecular formula is C51H32N2. The van der Waals surface area contributed by atoms with Crippen LogP contribution in [0.5, 0.6) is 0 Å². The summed E-state index contributed by atoms with van der Waals surface area (Å²) in [6, 6.07) is 71.3. The molecule has 0 saturated heterocycles. The second kappa shape index (κ2) is 12.5. The van der Waals surface area contributed by atoms with Crippen LogP contribution in [0.4, 0.5) is 0 Å². The number of nitriles is 1. The molecule has 0 bridgehead atoms. The number of fused-ring (bicyclic) bond motifs is 5. The minimum Gasteiger partial charge on any atom is -0.309 e. The maximum atomic E-state index is 10.6. The fourth-order valence-corrected chi connectivity index (χ4v) is 8.23. The molecule has 0 aliphatic carbocycles. The van der Waals surface area contributed by atoms with E-state index in [1.807, 2.05) is 6.07 Å². The zero-order valence-electron chi connectivity index (χ0n) is 28.9. The minimum absolute atomic E-state index is 0.662. The van der Waals surface area contributed by atoms with E-state index >= 15 is 0 Å². The third-order valence-corrected chi connectivity index (χ3v) is 10.7. The predicted octanol–water partition coefficient (Wildman–Crippen LogP) is 13.6. The van der Waals surface area contributed by atoms with Crippen molar-refractivity contribution >= 4 is 43.4 Å².